The number of benzene rings is 1. The molecule has 0 aliphatic carbocycles. The molecule has 90 valence electrons. The Labute approximate surface area is 99.7 Å². The zero-order valence-electron chi connectivity index (χ0n) is 11.2. The normalized spacial score (nSPS) is 10.9. The van der Waals surface area contributed by atoms with Crippen LogP contribution in [0.15, 0.2) is 18.2 Å². The molecule has 0 aliphatic heterocycles. The largest absolute Gasteiger partial charge is 0.373 e. The van der Waals surface area contributed by atoms with Gasteiger partial charge < -0.3 is 10.2 Å². The van der Waals surface area contributed by atoms with E-state index < -0.39 is 0 Å². The van der Waals surface area contributed by atoms with Crippen LogP contribution < -0.4 is 10.2 Å². The third kappa shape index (κ3) is 3.24. The predicted octanol–water partition coefficient (Wildman–Crippen LogP) is 2.77. The number of hydrogen-bond acceptors (Lipinski definition) is 2. The summed E-state index contributed by atoms with van der Waals surface area (Å²) in [4.78, 5) is 2.32. The molecule has 0 unspecified atom stereocenters. The zero-order chi connectivity index (χ0) is 12.1. The number of anilines is 1. The number of likely N-dealkylation sites (N-methyl/N-ethyl adjacent to an activating group) is 2. The third-order valence-corrected chi connectivity index (χ3v) is 3.01. The van der Waals surface area contributed by atoms with Crippen LogP contribution in [0, 0.1) is 6.92 Å². The summed E-state index contributed by atoms with van der Waals surface area (Å²) in [5.74, 6) is 0.594. The van der Waals surface area contributed by atoms with E-state index in [0.717, 1.165) is 13.1 Å². The molecule has 0 heterocycles. The van der Waals surface area contributed by atoms with Crippen molar-refractivity contribution in [3.8, 4) is 0 Å². The number of nitrogens with one attached hydrogen (secondary N) is 1. The lowest BCUT2D eigenvalue weighted by molar-refractivity contribution is 0.765. The molecule has 2 heteroatoms. The molecule has 1 N–H and O–H groups in total. The van der Waals surface area contributed by atoms with Gasteiger partial charge in [-0.3, -0.25) is 0 Å². The van der Waals surface area contributed by atoms with Gasteiger partial charge in [0.05, 0.1) is 0 Å². The fraction of sp³-hybridized carbons (Fsp3) is 0.571. The molecule has 0 saturated heterocycles. The zero-order valence-corrected chi connectivity index (χ0v) is 11.2. The Morgan fingerprint density at radius 3 is 2.56 bits per heavy atom. The quantitative estimate of drug-likeness (QED) is 0.821. The van der Waals surface area contributed by atoms with Crippen molar-refractivity contribution >= 4 is 5.69 Å². The van der Waals surface area contributed by atoms with Crippen molar-refractivity contribution in [2.45, 2.75) is 26.7 Å². The summed E-state index contributed by atoms with van der Waals surface area (Å²) < 4.78 is 0. The van der Waals surface area contributed by atoms with Crippen LogP contribution in [-0.4, -0.2) is 27.2 Å². The molecule has 0 fully saturated rings. The van der Waals surface area contributed by atoms with Crippen LogP contribution in [0.4, 0.5) is 5.69 Å². The second-order valence-corrected chi connectivity index (χ2v) is 4.73. The van der Waals surface area contributed by atoms with Gasteiger partial charge >= 0.3 is 0 Å². The van der Waals surface area contributed by atoms with Crippen molar-refractivity contribution in [2.24, 2.45) is 0 Å². The summed E-state index contributed by atoms with van der Waals surface area (Å²) in [5, 5.41) is 3.18. The summed E-state index contributed by atoms with van der Waals surface area (Å²) in [7, 11) is 4.15. The van der Waals surface area contributed by atoms with Crippen LogP contribution in [0.3, 0.4) is 0 Å². The molecule has 2 nitrogen and oxygen atoms in total. The number of nitrogens with zero attached hydrogens (tertiary/aromatic N) is 1. The summed E-state index contributed by atoms with van der Waals surface area (Å²) in [6, 6.07) is 6.77. The van der Waals surface area contributed by atoms with Gasteiger partial charge in [0, 0.05) is 25.8 Å². The third-order valence-electron chi connectivity index (χ3n) is 3.01. The Morgan fingerprint density at radius 2 is 2.00 bits per heavy atom. The molecule has 0 aliphatic rings. The Bertz CT molecular complexity index is 332. The molecule has 1 aromatic rings. The van der Waals surface area contributed by atoms with E-state index in [2.05, 4.69) is 56.2 Å². The van der Waals surface area contributed by atoms with Gasteiger partial charge in [-0.25, -0.2) is 0 Å². The highest BCUT2D eigenvalue weighted by Crippen LogP contribution is 2.24. The monoisotopic (exact) mass is 220 g/mol. The molecule has 0 aromatic heterocycles. The van der Waals surface area contributed by atoms with Gasteiger partial charge in [0.15, 0.2) is 0 Å². The van der Waals surface area contributed by atoms with E-state index in [1.807, 2.05) is 7.05 Å². The Hall–Kier alpha value is -1.02. The lowest BCUT2D eigenvalue weighted by Crippen LogP contribution is -2.27. The van der Waals surface area contributed by atoms with Crippen molar-refractivity contribution in [3.05, 3.63) is 29.3 Å². The highest BCUT2D eigenvalue weighted by atomic mass is 15.1. The van der Waals surface area contributed by atoms with Crippen LogP contribution in [0.5, 0.6) is 0 Å². The highest BCUT2D eigenvalue weighted by molar-refractivity contribution is 5.55. The minimum Gasteiger partial charge on any atom is -0.373 e. The van der Waals surface area contributed by atoms with Crippen molar-refractivity contribution < 1.29 is 0 Å². The average molecular weight is 220 g/mol. The van der Waals surface area contributed by atoms with E-state index in [1.165, 1.54) is 16.8 Å². The van der Waals surface area contributed by atoms with Crippen LogP contribution >= 0.6 is 0 Å². The standard InChI is InChI=1S/C14H24N2/c1-11(2)13-7-6-12(3)14(10-13)16(5)9-8-15-4/h6-7,10-11,15H,8-9H2,1-5H3. The van der Waals surface area contributed by atoms with E-state index >= 15 is 0 Å². The number of hydrogen-bond donors (Lipinski definition) is 1. The van der Waals surface area contributed by atoms with Crippen LogP contribution in [0.25, 0.3) is 0 Å². The fourth-order valence-corrected chi connectivity index (χ4v) is 1.80. The van der Waals surface area contributed by atoms with Crippen molar-refractivity contribution in [1.29, 1.82) is 0 Å². The maximum absolute atomic E-state index is 3.18. The topological polar surface area (TPSA) is 15.3 Å². The lowest BCUT2D eigenvalue weighted by Gasteiger charge is -2.22. The maximum atomic E-state index is 3.18. The Balaban J connectivity index is 2.88. The molecule has 1 rings (SSSR count). The fourth-order valence-electron chi connectivity index (χ4n) is 1.80. The Kier molecular flexibility index (Phi) is 4.81. The molecule has 0 bridgehead atoms. The van der Waals surface area contributed by atoms with Gasteiger partial charge in [-0.2, -0.15) is 0 Å². The van der Waals surface area contributed by atoms with Crippen LogP contribution in [-0.2, 0) is 0 Å². The first-order valence-electron chi connectivity index (χ1n) is 6.02. The highest BCUT2D eigenvalue weighted by Gasteiger charge is 2.07. The molecule has 0 atom stereocenters. The second-order valence-electron chi connectivity index (χ2n) is 4.73. The number of rotatable bonds is 5. The molecular weight excluding hydrogens is 196 g/mol. The van der Waals surface area contributed by atoms with Crippen molar-refractivity contribution in [2.75, 3.05) is 32.1 Å². The number of aryl methyl sites for hydroxylation is 1. The Morgan fingerprint density at radius 1 is 1.31 bits per heavy atom. The van der Waals surface area contributed by atoms with Crippen molar-refractivity contribution in [1.82, 2.24) is 5.32 Å². The van der Waals surface area contributed by atoms with Gasteiger partial charge in [-0.1, -0.05) is 26.0 Å². The minimum atomic E-state index is 0.594. The van der Waals surface area contributed by atoms with E-state index in [-0.39, 0.29) is 0 Å². The summed E-state index contributed by atoms with van der Waals surface area (Å²) in [6.07, 6.45) is 0. The van der Waals surface area contributed by atoms with Crippen LogP contribution in [0.2, 0.25) is 0 Å². The summed E-state index contributed by atoms with van der Waals surface area (Å²) >= 11 is 0. The van der Waals surface area contributed by atoms with E-state index in [1.54, 1.807) is 0 Å². The molecule has 1 aromatic carbocycles. The molecule has 0 saturated carbocycles. The maximum Gasteiger partial charge on any atom is 0.0396 e. The van der Waals surface area contributed by atoms with Crippen LogP contribution in [0.1, 0.15) is 30.9 Å². The van der Waals surface area contributed by atoms with Gasteiger partial charge in [0.1, 0.15) is 0 Å². The van der Waals surface area contributed by atoms with Gasteiger partial charge in [0.25, 0.3) is 0 Å². The first kappa shape index (κ1) is 13.0. The molecule has 0 spiro atoms. The molecule has 0 radical (unpaired) electrons. The first-order valence-corrected chi connectivity index (χ1v) is 6.02. The predicted molar refractivity (Wildman–Crippen MR) is 72.5 cm³/mol. The molecular formula is C14H24N2. The smallest absolute Gasteiger partial charge is 0.0396 e. The molecule has 0 amide bonds. The minimum absolute atomic E-state index is 0.594. The van der Waals surface area contributed by atoms with Gasteiger partial charge in [0.2, 0.25) is 0 Å². The van der Waals surface area contributed by atoms with Gasteiger partial charge in [-0.05, 0) is 37.1 Å². The molecule has 16 heavy (non-hydrogen) atoms. The van der Waals surface area contributed by atoms with Crippen molar-refractivity contribution in [3.63, 3.8) is 0 Å². The van der Waals surface area contributed by atoms with E-state index in [0.29, 0.717) is 5.92 Å². The lowest BCUT2D eigenvalue weighted by atomic mass is 10.0. The second kappa shape index (κ2) is 5.90. The van der Waals surface area contributed by atoms with E-state index in [4.69, 9.17) is 0 Å². The van der Waals surface area contributed by atoms with Gasteiger partial charge in [-0.15, -0.1) is 0 Å². The SMILES string of the molecule is CNCCN(C)c1cc(C(C)C)ccc1C. The first-order chi connectivity index (χ1) is 7.56. The average Bonchev–Trinajstić information content (AvgIpc) is 2.26. The van der Waals surface area contributed by atoms with E-state index in [9.17, 15) is 0 Å². The summed E-state index contributed by atoms with van der Waals surface area (Å²) in [5.41, 5.74) is 4.11. The summed E-state index contributed by atoms with van der Waals surface area (Å²) in [6.45, 7) is 8.71.